The summed E-state index contributed by atoms with van der Waals surface area (Å²) in [5, 5.41) is 3.85. The number of benzene rings is 1. The lowest BCUT2D eigenvalue weighted by Gasteiger charge is -2.28. The minimum atomic E-state index is -0.311. The van der Waals surface area contributed by atoms with Crippen molar-refractivity contribution in [3.05, 3.63) is 52.9 Å². The van der Waals surface area contributed by atoms with Crippen molar-refractivity contribution in [1.29, 1.82) is 0 Å². The van der Waals surface area contributed by atoms with Crippen LogP contribution in [0.15, 0.2) is 34.9 Å². The summed E-state index contributed by atoms with van der Waals surface area (Å²) in [4.78, 5) is 16.4. The Hall–Kier alpha value is -2.14. The van der Waals surface area contributed by atoms with Crippen LogP contribution in [0.1, 0.15) is 28.6 Å². The Bertz CT molecular complexity index is 632. The number of hydrogen-bond acceptors (Lipinski definition) is 4. The molecule has 22 heavy (non-hydrogen) atoms. The van der Waals surface area contributed by atoms with Gasteiger partial charge in [0.2, 0.25) is 5.91 Å². The zero-order valence-electron chi connectivity index (χ0n) is 13.8. The lowest BCUT2D eigenvalue weighted by molar-refractivity contribution is -0.135. The maximum absolute atomic E-state index is 12.8. The molecule has 1 aromatic carbocycles. The Morgan fingerprint density at radius 1 is 1.18 bits per heavy atom. The summed E-state index contributed by atoms with van der Waals surface area (Å²) in [6, 6.07) is 9.60. The SMILES string of the molecule is Cc1ccc([C@@H](C(=O)N(C)Cc2cc(C)no2)N(C)C)cc1. The summed E-state index contributed by atoms with van der Waals surface area (Å²) in [6.45, 7) is 4.31. The molecular weight excluding hydrogens is 278 g/mol. The quantitative estimate of drug-likeness (QED) is 0.851. The Kier molecular flexibility index (Phi) is 4.98. The first-order chi connectivity index (χ1) is 10.4. The molecule has 0 fully saturated rings. The number of amides is 1. The normalized spacial score (nSPS) is 12.5. The van der Waals surface area contributed by atoms with Crippen LogP contribution in [0.5, 0.6) is 0 Å². The van der Waals surface area contributed by atoms with Crippen molar-refractivity contribution in [2.45, 2.75) is 26.4 Å². The molecule has 0 aliphatic heterocycles. The van der Waals surface area contributed by atoms with Crippen LogP contribution in [-0.4, -0.2) is 42.0 Å². The molecule has 0 saturated heterocycles. The van der Waals surface area contributed by atoms with Crippen molar-refractivity contribution in [2.24, 2.45) is 0 Å². The van der Waals surface area contributed by atoms with Crippen LogP contribution in [0.4, 0.5) is 0 Å². The topological polar surface area (TPSA) is 49.6 Å². The van der Waals surface area contributed by atoms with Gasteiger partial charge in [0.05, 0.1) is 12.2 Å². The monoisotopic (exact) mass is 301 g/mol. The molecule has 0 spiro atoms. The fraction of sp³-hybridized carbons (Fsp3) is 0.412. The largest absolute Gasteiger partial charge is 0.359 e. The summed E-state index contributed by atoms with van der Waals surface area (Å²) in [7, 11) is 5.61. The molecule has 0 saturated carbocycles. The predicted molar refractivity (Wildman–Crippen MR) is 85.3 cm³/mol. The Balaban J connectivity index is 2.17. The van der Waals surface area contributed by atoms with Crippen LogP contribution in [0.2, 0.25) is 0 Å². The van der Waals surface area contributed by atoms with Gasteiger partial charge in [-0.25, -0.2) is 0 Å². The third-order valence-corrected chi connectivity index (χ3v) is 3.59. The molecule has 5 nitrogen and oxygen atoms in total. The van der Waals surface area contributed by atoms with Crippen molar-refractivity contribution < 1.29 is 9.32 Å². The van der Waals surface area contributed by atoms with Crippen LogP contribution in [0, 0.1) is 13.8 Å². The molecule has 0 N–H and O–H groups in total. The summed E-state index contributed by atoms with van der Waals surface area (Å²) < 4.78 is 5.19. The summed E-state index contributed by atoms with van der Waals surface area (Å²) in [5.41, 5.74) is 2.99. The van der Waals surface area contributed by atoms with Crippen molar-refractivity contribution >= 4 is 5.91 Å². The molecule has 0 aliphatic carbocycles. The highest BCUT2D eigenvalue weighted by Gasteiger charge is 2.26. The highest BCUT2D eigenvalue weighted by Crippen LogP contribution is 2.22. The molecule has 2 aromatic rings. The predicted octanol–water partition coefficient (Wildman–Crippen LogP) is 2.55. The van der Waals surface area contributed by atoms with Gasteiger partial charge >= 0.3 is 0 Å². The van der Waals surface area contributed by atoms with Gasteiger partial charge in [-0.05, 0) is 33.5 Å². The number of aromatic nitrogens is 1. The second-order valence-electron chi connectivity index (χ2n) is 5.91. The zero-order chi connectivity index (χ0) is 16.3. The lowest BCUT2D eigenvalue weighted by Crippen LogP contribution is -2.38. The molecule has 5 heteroatoms. The molecule has 0 unspecified atom stereocenters. The molecule has 0 radical (unpaired) electrons. The molecule has 2 rings (SSSR count). The van der Waals surface area contributed by atoms with Gasteiger partial charge in [-0.2, -0.15) is 0 Å². The van der Waals surface area contributed by atoms with Gasteiger partial charge in [-0.15, -0.1) is 0 Å². The van der Waals surface area contributed by atoms with Crippen LogP contribution in [-0.2, 0) is 11.3 Å². The summed E-state index contributed by atoms with van der Waals surface area (Å²) >= 11 is 0. The van der Waals surface area contributed by atoms with Crippen LogP contribution >= 0.6 is 0 Å². The van der Waals surface area contributed by atoms with E-state index in [1.165, 1.54) is 5.56 Å². The van der Waals surface area contributed by atoms with E-state index in [2.05, 4.69) is 5.16 Å². The maximum atomic E-state index is 12.8. The molecular formula is C17H23N3O2. The van der Waals surface area contributed by atoms with E-state index in [0.29, 0.717) is 12.3 Å². The molecule has 1 amide bonds. The van der Waals surface area contributed by atoms with Gasteiger partial charge in [0.25, 0.3) is 0 Å². The second-order valence-corrected chi connectivity index (χ2v) is 5.91. The number of carbonyl (C=O) groups is 1. The van der Waals surface area contributed by atoms with E-state index >= 15 is 0 Å². The van der Waals surface area contributed by atoms with Crippen LogP contribution in [0.3, 0.4) is 0 Å². The van der Waals surface area contributed by atoms with Gasteiger partial charge in [0.15, 0.2) is 5.76 Å². The van der Waals surface area contributed by atoms with Gasteiger partial charge in [0, 0.05) is 13.1 Å². The third kappa shape index (κ3) is 3.74. The third-order valence-electron chi connectivity index (χ3n) is 3.59. The summed E-state index contributed by atoms with van der Waals surface area (Å²) in [6.07, 6.45) is 0. The first-order valence-electron chi connectivity index (χ1n) is 7.28. The number of nitrogens with zero attached hydrogens (tertiary/aromatic N) is 3. The first-order valence-corrected chi connectivity index (χ1v) is 7.28. The van der Waals surface area contributed by atoms with E-state index in [4.69, 9.17) is 4.52 Å². The number of aryl methyl sites for hydroxylation is 2. The van der Waals surface area contributed by atoms with Crippen molar-refractivity contribution in [2.75, 3.05) is 21.1 Å². The average molecular weight is 301 g/mol. The maximum Gasteiger partial charge on any atom is 0.244 e. The number of rotatable bonds is 5. The van der Waals surface area contributed by atoms with E-state index < -0.39 is 0 Å². The van der Waals surface area contributed by atoms with Gasteiger partial charge < -0.3 is 9.42 Å². The lowest BCUT2D eigenvalue weighted by atomic mass is 10.0. The molecule has 118 valence electrons. The minimum Gasteiger partial charge on any atom is -0.359 e. The number of carbonyl (C=O) groups excluding carboxylic acids is 1. The number of hydrogen-bond donors (Lipinski definition) is 0. The van der Waals surface area contributed by atoms with Crippen molar-refractivity contribution in [3.8, 4) is 0 Å². The van der Waals surface area contributed by atoms with Crippen molar-refractivity contribution in [1.82, 2.24) is 15.0 Å². The molecule has 1 aromatic heterocycles. The standard InChI is InChI=1S/C17H23N3O2/c1-12-6-8-14(9-7-12)16(19(3)4)17(21)20(5)11-15-10-13(2)18-22-15/h6-10,16H,11H2,1-5H3/t16-/m0/s1. The smallest absolute Gasteiger partial charge is 0.244 e. The van der Waals surface area contributed by atoms with E-state index in [-0.39, 0.29) is 11.9 Å². The molecule has 0 aliphatic rings. The molecule has 0 bridgehead atoms. The average Bonchev–Trinajstić information content (AvgIpc) is 2.86. The highest BCUT2D eigenvalue weighted by molar-refractivity contribution is 5.83. The Morgan fingerprint density at radius 3 is 2.32 bits per heavy atom. The first kappa shape index (κ1) is 16.2. The van der Waals surface area contributed by atoms with Gasteiger partial charge in [-0.1, -0.05) is 35.0 Å². The van der Waals surface area contributed by atoms with E-state index in [0.717, 1.165) is 11.3 Å². The number of likely N-dealkylation sites (N-methyl/N-ethyl adjacent to an activating group) is 2. The fourth-order valence-corrected chi connectivity index (χ4v) is 2.42. The van der Waals surface area contributed by atoms with Gasteiger partial charge in [0.1, 0.15) is 6.04 Å². The molecule has 1 atom stereocenters. The van der Waals surface area contributed by atoms with Gasteiger partial charge in [-0.3, -0.25) is 9.69 Å². The Morgan fingerprint density at radius 2 is 1.82 bits per heavy atom. The van der Waals surface area contributed by atoms with E-state index in [1.54, 1.807) is 11.9 Å². The molecule has 1 heterocycles. The van der Waals surface area contributed by atoms with Crippen LogP contribution in [0.25, 0.3) is 0 Å². The zero-order valence-corrected chi connectivity index (χ0v) is 13.8. The highest BCUT2D eigenvalue weighted by atomic mass is 16.5. The minimum absolute atomic E-state index is 0.0305. The summed E-state index contributed by atoms with van der Waals surface area (Å²) in [5.74, 6) is 0.720. The second kappa shape index (κ2) is 6.75. The van der Waals surface area contributed by atoms with Crippen LogP contribution < -0.4 is 0 Å². The van der Waals surface area contributed by atoms with E-state index in [1.807, 2.05) is 63.2 Å². The van der Waals surface area contributed by atoms with E-state index in [9.17, 15) is 4.79 Å². The fourth-order valence-electron chi connectivity index (χ4n) is 2.42. The van der Waals surface area contributed by atoms with Crippen molar-refractivity contribution in [3.63, 3.8) is 0 Å². The Labute approximate surface area is 131 Å².